The number of fused-ring (bicyclic) bond motifs is 2. The molecule has 2 heterocycles. The molecule has 35 heavy (non-hydrogen) atoms. The Morgan fingerprint density at radius 2 is 0.971 bits per heavy atom. The predicted molar refractivity (Wildman–Crippen MR) is 122 cm³/mol. The van der Waals surface area contributed by atoms with Crippen molar-refractivity contribution in [3.05, 3.63) is 108 Å². The van der Waals surface area contributed by atoms with Crippen molar-refractivity contribution in [1.29, 1.82) is 0 Å². The van der Waals surface area contributed by atoms with Gasteiger partial charge in [-0.1, -0.05) is 54.6 Å². The van der Waals surface area contributed by atoms with E-state index in [1.807, 2.05) is 0 Å². The molecule has 2 bridgehead atoms. The smallest absolute Gasteiger partial charge is 0.338 e. The highest BCUT2D eigenvalue weighted by Crippen LogP contribution is 2.35. The SMILES string of the molecule is O=C(O[C@@H]1[C@@H](OC(=O)c2ccccc2)[C@@H]2OC[C@@H](O2)[C@H]1OC(=O)c1ccccc1)c1ccccc1. The van der Waals surface area contributed by atoms with E-state index in [4.69, 9.17) is 23.7 Å². The average Bonchev–Trinajstić information content (AvgIpc) is 3.35. The van der Waals surface area contributed by atoms with Gasteiger partial charge in [0, 0.05) is 0 Å². The van der Waals surface area contributed by atoms with Crippen molar-refractivity contribution in [1.82, 2.24) is 0 Å². The molecule has 3 aromatic carbocycles. The summed E-state index contributed by atoms with van der Waals surface area (Å²) in [6, 6.07) is 25.2. The van der Waals surface area contributed by atoms with Crippen molar-refractivity contribution in [2.45, 2.75) is 30.7 Å². The van der Waals surface area contributed by atoms with Gasteiger partial charge >= 0.3 is 17.9 Å². The molecule has 0 radical (unpaired) electrons. The van der Waals surface area contributed by atoms with Crippen molar-refractivity contribution in [2.24, 2.45) is 0 Å². The molecule has 0 saturated carbocycles. The Hall–Kier alpha value is -4.01. The normalized spacial score (nSPS) is 24.9. The first kappa shape index (κ1) is 22.8. The molecule has 0 unspecified atom stereocenters. The largest absolute Gasteiger partial charge is 0.452 e. The van der Waals surface area contributed by atoms with Crippen LogP contribution in [0.1, 0.15) is 31.1 Å². The topological polar surface area (TPSA) is 97.4 Å². The molecule has 8 nitrogen and oxygen atoms in total. The van der Waals surface area contributed by atoms with E-state index in [0.29, 0.717) is 16.7 Å². The number of carbonyl (C=O) groups excluding carboxylic acids is 3. The molecular formula is C27H22O8. The van der Waals surface area contributed by atoms with Crippen molar-refractivity contribution in [2.75, 3.05) is 6.61 Å². The van der Waals surface area contributed by atoms with Gasteiger partial charge < -0.3 is 23.7 Å². The lowest BCUT2D eigenvalue weighted by atomic mass is 9.99. The Morgan fingerprint density at radius 3 is 1.43 bits per heavy atom. The highest BCUT2D eigenvalue weighted by molar-refractivity contribution is 5.91. The van der Waals surface area contributed by atoms with Gasteiger partial charge in [0.25, 0.3) is 0 Å². The number of hydrogen-bond donors (Lipinski definition) is 0. The zero-order chi connectivity index (χ0) is 24.2. The van der Waals surface area contributed by atoms with Crippen molar-refractivity contribution >= 4 is 17.9 Å². The maximum Gasteiger partial charge on any atom is 0.338 e. The predicted octanol–water partition coefficient (Wildman–Crippen LogP) is 3.42. The fourth-order valence-electron chi connectivity index (χ4n) is 4.04. The Balaban J connectivity index is 1.44. The second kappa shape index (κ2) is 10.1. The third-order valence-electron chi connectivity index (χ3n) is 5.77. The van der Waals surface area contributed by atoms with Crippen LogP contribution in [0.2, 0.25) is 0 Å². The van der Waals surface area contributed by atoms with Crippen LogP contribution in [0.15, 0.2) is 91.0 Å². The van der Waals surface area contributed by atoms with Crippen molar-refractivity contribution in [3.63, 3.8) is 0 Å². The summed E-state index contributed by atoms with van der Waals surface area (Å²) in [6.45, 7) is 0.0795. The van der Waals surface area contributed by atoms with Crippen LogP contribution in [0, 0.1) is 0 Å². The lowest BCUT2D eigenvalue weighted by molar-refractivity contribution is -0.228. The quantitative estimate of drug-likeness (QED) is 0.396. The molecule has 0 N–H and O–H groups in total. The van der Waals surface area contributed by atoms with Gasteiger partial charge in [0.05, 0.1) is 23.3 Å². The molecular weight excluding hydrogens is 452 g/mol. The Kier molecular flexibility index (Phi) is 6.56. The molecule has 0 aliphatic carbocycles. The highest BCUT2D eigenvalue weighted by atomic mass is 16.8. The van der Waals surface area contributed by atoms with E-state index in [1.165, 1.54) is 0 Å². The minimum absolute atomic E-state index is 0.0795. The molecule has 5 atom stereocenters. The summed E-state index contributed by atoms with van der Waals surface area (Å²) < 4.78 is 28.8. The number of rotatable bonds is 6. The van der Waals surface area contributed by atoms with E-state index in [0.717, 1.165) is 0 Å². The molecule has 2 aliphatic heterocycles. The first-order valence-electron chi connectivity index (χ1n) is 11.2. The van der Waals surface area contributed by atoms with Crippen LogP contribution in [-0.2, 0) is 23.7 Å². The van der Waals surface area contributed by atoms with Gasteiger partial charge in [-0.2, -0.15) is 0 Å². The minimum Gasteiger partial charge on any atom is -0.452 e. The van der Waals surface area contributed by atoms with Crippen LogP contribution in [0.25, 0.3) is 0 Å². The fraction of sp³-hybridized carbons (Fsp3) is 0.222. The van der Waals surface area contributed by atoms with E-state index in [9.17, 15) is 14.4 Å². The molecule has 0 aromatic heterocycles. The summed E-state index contributed by atoms with van der Waals surface area (Å²) in [5.74, 6) is -1.93. The van der Waals surface area contributed by atoms with Gasteiger partial charge in [0.15, 0.2) is 24.6 Å². The van der Waals surface area contributed by atoms with Gasteiger partial charge in [-0.25, -0.2) is 14.4 Å². The average molecular weight is 474 g/mol. The summed E-state index contributed by atoms with van der Waals surface area (Å²) in [7, 11) is 0. The first-order valence-corrected chi connectivity index (χ1v) is 11.2. The molecule has 0 amide bonds. The van der Waals surface area contributed by atoms with E-state index in [-0.39, 0.29) is 6.61 Å². The number of benzene rings is 3. The summed E-state index contributed by atoms with van der Waals surface area (Å²) in [5.41, 5.74) is 0.923. The van der Waals surface area contributed by atoms with Crippen LogP contribution in [0.5, 0.6) is 0 Å². The number of hydrogen-bond acceptors (Lipinski definition) is 8. The van der Waals surface area contributed by atoms with Gasteiger partial charge in [-0.15, -0.1) is 0 Å². The Labute approximate surface area is 201 Å². The molecule has 0 spiro atoms. The molecule has 2 aliphatic rings. The maximum atomic E-state index is 13.0. The maximum absolute atomic E-state index is 13.0. The molecule has 3 aromatic rings. The molecule has 2 saturated heterocycles. The van der Waals surface area contributed by atoms with E-state index >= 15 is 0 Å². The molecule has 2 fully saturated rings. The zero-order valence-electron chi connectivity index (χ0n) is 18.5. The van der Waals surface area contributed by atoms with E-state index in [1.54, 1.807) is 91.0 Å². The summed E-state index contributed by atoms with van der Waals surface area (Å²) >= 11 is 0. The summed E-state index contributed by atoms with van der Waals surface area (Å²) in [5, 5.41) is 0. The minimum atomic E-state index is -1.16. The molecule has 5 rings (SSSR count). The highest BCUT2D eigenvalue weighted by Gasteiger charge is 2.56. The van der Waals surface area contributed by atoms with Crippen molar-refractivity contribution in [3.8, 4) is 0 Å². The van der Waals surface area contributed by atoms with Crippen LogP contribution < -0.4 is 0 Å². The van der Waals surface area contributed by atoms with Crippen LogP contribution >= 0.6 is 0 Å². The van der Waals surface area contributed by atoms with Crippen LogP contribution in [0.4, 0.5) is 0 Å². The lowest BCUT2D eigenvalue weighted by Crippen LogP contribution is -2.58. The Bertz CT molecular complexity index is 1110. The second-order valence-corrected chi connectivity index (χ2v) is 8.08. The van der Waals surface area contributed by atoms with Gasteiger partial charge in [0.2, 0.25) is 0 Å². The van der Waals surface area contributed by atoms with Gasteiger partial charge in [0.1, 0.15) is 6.10 Å². The van der Waals surface area contributed by atoms with E-state index < -0.39 is 48.6 Å². The molecule has 8 heteroatoms. The standard InChI is InChI=1S/C27H22O8/c28-24(17-10-4-1-5-11-17)33-21-20-16-31-27(32-20)23(35-26(30)19-14-8-3-9-15-19)22(21)34-25(29)18-12-6-2-7-13-18/h1-15,20-23,27H,16H2/t20-,21-,22+,23-,27-/m1/s1. The second-order valence-electron chi connectivity index (χ2n) is 8.08. The van der Waals surface area contributed by atoms with Crippen LogP contribution in [-0.4, -0.2) is 55.2 Å². The third-order valence-corrected chi connectivity index (χ3v) is 5.77. The zero-order valence-corrected chi connectivity index (χ0v) is 18.5. The fourth-order valence-corrected chi connectivity index (χ4v) is 4.04. The van der Waals surface area contributed by atoms with E-state index in [2.05, 4.69) is 0 Å². The lowest BCUT2D eigenvalue weighted by Gasteiger charge is -2.39. The summed E-state index contributed by atoms with van der Waals surface area (Å²) in [6.07, 6.45) is -5.07. The summed E-state index contributed by atoms with van der Waals surface area (Å²) in [4.78, 5) is 38.7. The van der Waals surface area contributed by atoms with Crippen molar-refractivity contribution < 1.29 is 38.1 Å². The number of carbonyl (C=O) groups is 3. The monoisotopic (exact) mass is 474 g/mol. The third kappa shape index (κ3) is 4.94. The number of ether oxygens (including phenoxy) is 5. The van der Waals surface area contributed by atoms with Gasteiger partial charge in [-0.05, 0) is 36.4 Å². The molecule has 178 valence electrons. The van der Waals surface area contributed by atoms with Crippen LogP contribution in [0.3, 0.4) is 0 Å². The van der Waals surface area contributed by atoms with Gasteiger partial charge in [-0.3, -0.25) is 0 Å². The number of esters is 3. The Morgan fingerprint density at radius 1 is 0.571 bits per heavy atom. The first-order chi connectivity index (χ1) is 17.1.